The normalized spacial score (nSPS) is 17.3. The second-order valence-corrected chi connectivity index (χ2v) is 5.40. The average molecular weight is 295 g/mol. The Kier molecular flexibility index (Phi) is 3.54. The number of carbonyl (C=O) groups excluding carboxylic acids is 1. The van der Waals surface area contributed by atoms with Gasteiger partial charge in [-0.15, -0.1) is 5.75 Å². The maximum absolute atomic E-state index is 11.8. The molecular formula is C11H7N2O4S2-. The number of hydrogen-bond acceptors (Lipinski definition) is 6. The van der Waals surface area contributed by atoms with E-state index >= 15 is 0 Å². The van der Waals surface area contributed by atoms with Gasteiger partial charge in [0.05, 0.1) is 9.83 Å². The van der Waals surface area contributed by atoms with Crippen molar-refractivity contribution in [2.24, 2.45) is 0 Å². The molecular weight excluding hydrogens is 288 g/mol. The number of thioether (sulfide) groups is 1. The van der Waals surface area contributed by atoms with E-state index in [0.29, 0.717) is 4.32 Å². The van der Waals surface area contributed by atoms with Crippen LogP contribution < -0.4 is 5.11 Å². The van der Waals surface area contributed by atoms with Crippen molar-refractivity contribution in [3.63, 3.8) is 0 Å². The summed E-state index contributed by atoms with van der Waals surface area (Å²) in [6.45, 7) is 0. The Bertz CT molecular complexity index is 627. The molecule has 1 amide bonds. The molecule has 0 unspecified atom stereocenters. The third-order valence-electron chi connectivity index (χ3n) is 2.48. The van der Waals surface area contributed by atoms with Gasteiger partial charge in [-0.1, -0.05) is 30.0 Å². The molecule has 0 atom stereocenters. The number of rotatable bonds is 2. The molecule has 2 rings (SSSR count). The minimum atomic E-state index is -0.595. The van der Waals surface area contributed by atoms with Gasteiger partial charge in [0.15, 0.2) is 0 Å². The number of nitro benzene ring substituents is 1. The fourth-order valence-electron chi connectivity index (χ4n) is 1.45. The van der Waals surface area contributed by atoms with E-state index in [4.69, 9.17) is 12.2 Å². The van der Waals surface area contributed by atoms with E-state index in [9.17, 15) is 20.0 Å². The van der Waals surface area contributed by atoms with Crippen molar-refractivity contribution in [2.75, 3.05) is 7.05 Å². The third kappa shape index (κ3) is 2.59. The lowest BCUT2D eigenvalue weighted by molar-refractivity contribution is -0.385. The third-order valence-corrected chi connectivity index (χ3v) is 3.96. The smallest absolute Gasteiger partial charge is 0.269 e. The zero-order valence-electron chi connectivity index (χ0n) is 9.65. The Morgan fingerprint density at radius 2 is 2.16 bits per heavy atom. The lowest BCUT2D eigenvalue weighted by Crippen LogP contribution is -2.22. The highest BCUT2D eigenvalue weighted by Gasteiger charge is 2.28. The van der Waals surface area contributed by atoms with Crippen molar-refractivity contribution in [3.05, 3.63) is 38.8 Å². The number of nitro groups is 1. The zero-order chi connectivity index (χ0) is 14.2. The largest absolute Gasteiger partial charge is 0.872 e. The number of thiocarbonyl (C=S) groups is 1. The highest BCUT2D eigenvalue weighted by molar-refractivity contribution is 8.26. The van der Waals surface area contributed by atoms with Crippen LogP contribution in [-0.4, -0.2) is 27.1 Å². The molecule has 6 nitrogen and oxygen atoms in total. The number of benzene rings is 1. The molecule has 1 aliphatic rings. The van der Waals surface area contributed by atoms with Crippen LogP contribution in [0, 0.1) is 10.1 Å². The van der Waals surface area contributed by atoms with Crippen molar-refractivity contribution >= 4 is 46.0 Å². The summed E-state index contributed by atoms with van der Waals surface area (Å²) >= 11 is 6.01. The molecule has 0 saturated carbocycles. The molecule has 98 valence electrons. The van der Waals surface area contributed by atoms with Crippen LogP contribution in [-0.2, 0) is 4.79 Å². The first-order valence-corrected chi connectivity index (χ1v) is 6.29. The van der Waals surface area contributed by atoms with Crippen molar-refractivity contribution in [2.45, 2.75) is 0 Å². The Labute approximate surface area is 117 Å². The van der Waals surface area contributed by atoms with Crippen LogP contribution >= 0.6 is 24.0 Å². The molecule has 1 aromatic rings. The van der Waals surface area contributed by atoms with E-state index < -0.39 is 4.92 Å². The maximum atomic E-state index is 11.8. The van der Waals surface area contributed by atoms with Gasteiger partial charge < -0.3 is 5.11 Å². The number of amides is 1. The molecule has 0 bridgehead atoms. The molecule has 0 radical (unpaired) electrons. The summed E-state index contributed by atoms with van der Waals surface area (Å²) in [4.78, 5) is 23.4. The van der Waals surface area contributed by atoms with Gasteiger partial charge in [-0.2, -0.15) is 0 Å². The van der Waals surface area contributed by atoms with Crippen LogP contribution in [0.3, 0.4) is 0 Å². The van der Waals surface area contributed by atoms with Gasteiger partial charge in [0, 0.05) is 19.2 Å². The fraction of sp³-hybridized carbons (Fsp3) is 0.0909. The number of non-ortho nitro benzene ring substituents is 1. The highest BCUT2D eigenvalue weighted by Crippen LogP contribution is 2.33. The second kappa shape index (κ2) is 4.98. The zero-order valence-corrected chi connectivity index (χ0v) is 11.3. The van der Waals surface area contributed by atoms with Crippen molar-refractivity contribution in [1.29, 1.82) is 0 Å². The lowest BCUT2D eigenvalue weighted by Gasteiger charge is -2.09. The predicted molar refractivity (Wildman–Crippen MR) is 73.5 cm³/mol. The van der Waals surface area contributed by atoms with Crippen molar-refractivity contribution in [1.82, 2.24) is 4.90 Å². The van der Waals surface area contributed by atoms with E-state index in [1.165, 1.54) is 18.0 Å². The Balaban J connectivity index is 2.43. The van der Waals surface area contributed by atoms with Crippen LogP contribution in [0.4, 0.5) is 5.69 Å². The molecule has 1 heterocycles. The summed E-state index contributed by atoms with van der Waals surface area (Å²) in [5.41, 5.74) is -0.0963. The quantitative estimate of drug-likeness (QED) is 0.356. The molecule has 8 heteroatoms. The average Bonchev–Trinajstić information content (AvgIpc) is 2.59. The molecule has 1 saturated heterocycles. The molecule has 0 spiro atoms. The highest BCUT2D eigenvalue weighted by atomic mass is 32.2. The predicted octanol–water partition coefficient (Wildman–Crippen LogP) is 1.50. The summed E-state index contributed by atoms with van der Waals surface area (Å²) in [6, 6.07) is 3.38. The molecule has 1 aliphatic heterocycles. The topological polar surface area (TPSA) is 86.5 Å². The van der Waals surface area contributed by atoms with E-state index in [1.54, 1.807) is 0 Å². The standard InChI is InChI=1S/C11H8N2O4S2/c1-12-10(15)9(19-11(12)18)5-6-4-7(13(16)17)2-3-8(6)14/h2-5,14H,1H3/p-1/b9-5-. The first-order chi connectivity index (χ1) is 8.90. The van der Waals surface area contributed by atoms with Crippen LogP contribution in [0.15, 0.2) is 23.1 Å². The molecule has 0 aliphatic carbocycles. The first-order valence-electron chi connectivity index (χ1n) is 5.07. The van der Waals surface area contributed by atoms with Gasteiger partial charge in [0.2, 0.25) is 0 Å². The number of carbonyl (C=O) groups is 1. The summed E-state index contributed by atoms with van der Waals surface area (Å²) in [6.07, 6.45) is 1.33. The minimum absolute atomic E-state index is 0.100. The van der Waals surface area contributed by atoms with Gasteiger partial charge in [-0.25, -0.2) is 0 Å². The van der Waals surface area contributed by atoms with E-state index in [2.05, 4.69) is 0 Å². The van der Waals surface area contributed by atoms with E-state index in [-0.39, 0.29) is 27.8 Å². The lowest BCUT2D eigenvalue weighted by atomic mass is 10.1. The summed E-state index contributed by atoms with van der Waals surface area (Å²) in [5.74, 6) is -0.701. The van der Waals surface area contributed by atoms with Crippen molar-refractivity contribution in [3.8, 4) is 5.75 Å². The van der Waals surface area contributed by atoms with Gasteiger partial charge in [0.1, 0.15) is 4.32 Å². The molecule has 19 heavy (non-hydrogen) atoms. The summed E-state index contributed by atoms with van der Waals surface area (Å²) in [5, 5.41) is 22.3. The monoisotopic (exact) mass is 295 g/mol. The van der Waals surface area contributed by atoms with E-state index in [1.807, 2.05) is 0 Å². The summed E-state index contributed by atoms with van der Waals surface area (Å²) < 4.78 is 0.383. The molecule has 1 aromatic carbocycles. The van der Waals surface area contributed by atoms with Crippen molar-refractivity contribution < 1.29 is 14.8 Å². The number of nitrogens with zero attached hydrogens (tertiary/aromatic N) is 2. The van der Waals surface area contributed by atoms with Gasteiger partial charge in [-0.3, -0.25) is 19.8 Å². The van der Waals surface area contributed by atoms with E-state index in [0.717, 1.165) is 30.0 Å². The Morgan fingerprint density at radius 3 is 2.68 bits per heavy atom. The van der Waals surface area contributed by atoms with Crippen LogP contribution in [0.25, 0.3) is 6.08 Å². The molecule has 1 fully saturated rings. The number of likely N-dealkylation sites (N-methyl/N-ethyl adjacent to an activating group) is 1. The molecule has 0 aromatic heterocycles. The van der Waals surface area contributed by atoms with Crippen LogP contribution in [0.1, 0.15) is 5.56 Å². The van der Waals surface area contributed by atoms with Gasteiger partial charge in [-0.05, 0) is 11.6 Å². The Hall–Kier alpha value is -1.93. The molecule has 0 N–H and O–H groups in total. The van der Waals surface area contributed by atoms with Gasteiger partial charge in [0.25, 0.3) is 11.6 Å². The van der Waals surface area contributed by atoms with Crippen LogP contribution in [0.2, 0.25) is 0 Å². The Morgan fingerprint density at radius 1 is 1.47 bits per heavy atom. The summed E-state index contributed by atoms with van der Waals surface area (Å²) in [7, 11) is 1.53. The second-order valence-electron chi connectivity index (χ2n) is 3.72. The van der Waals surface area contributed by atoms with Crippen LogP contribution in [0.5, 0.6) is 5.75 Å². The fourth-order valence-corrected chi connectivity index (χ4v) is 2.62. The first kappa shape index (κ1) is 13.5. The SMILES string of the molecule is CN1C(=O)/C(=C/c2cc([N+](=O)[O-])ccc2[O-])SC1=S. The van der Waals surface area contributed by atoms with Gasteiger partial charge >= 0.3 is 0 Å². The maximum Gasteiger partial charge on any atom is 0.269 e. The minimum Gasteiger partial charge on any atom is -0.872 e. The number of hydrogen-bond donors (Lipinski definition) is 0.